The highest BCUT2D eigenvalue weighted by molar-refractivity contribution is 14.0. The van der Waals surface area contributed by atoms with Crippen LogP contribution in [0.1, 0.15) is 30.9 Å². The van der Waals surface area contributed by atoms with Crippen molar-refractivity contribution in [3.63, 3.8) is 0 Å². The van der Waals surface area contributed by atoms with Gasteiger partial charge in [-0.25, -0.2) is 9.79 Å². The molecule has 0 radical (unpaired) electrons. The molecular weight excluding hydrogens is 505 g/mol. The SMILES string of the molecule is CCNC(=NCc1ccccc1Oc1ccc(C)cc1)NC1CCN(C(N)=O)CC1.I. The van der Waals surface area contributed by atoms with E-state index < -0.39 is 0 Å². The number of benzene rings is 2. The van der Waals surface area contributed by atoms with Gasteiger partial charge in [0.15, 0.2) is 5.96 Å². The number of likely N-dealkylation sites (tertiary alicyclic amines) is 1. The maximum Gasteiger partial charge on any atom is 0.314 e. The molecule has 31 heavy (non-hydrogen) atoms. The van der Waals surface area contributed by atoms with Gasteiger partial charge in [0.05, 0.1) is 6.54 Å². The second kappa shape index (κ2) is 12.4. The van der Waals surface area contributed by atoms with E-state index in [0.717, 1.165) is 42.4 Å². The molecule has 1 saturated heterocycles. The molecule has 0 aromatic heterocycles. The van der Waals surface area contributed by atoms with E-state index in [4.69, 9.17) is 15.5 Å². The van der Waals surface area contributed by atoms with E-state index in [9.17, 15) is 4.79 Å². The first-order valence-electron chi connectivity index (χ1n) is 10.5. The van der Waals surface area contributed by atoms with E-state index in [1.807, 2.05) is 55.5 Å². The highest BCUT2D eigenvalue weighted by Crippen LogP contribution is 2.26. The van der Waals surface area contributed by atoms with Crippen molar-refractivity contribution < 1.29 is 9.53 Å². The molecule has 8 heteroatoms. The van der Waals surface area contributed by atoms with Crippen molar-refractivity contribution in [2.75, 3.05) is 19.6 Å². The number of para-hydroxylation sites is 1. The number of halogens is 1. The number of carbonyl (C=O) groups excluding carboxylic acids is 1. The van der Waals surface area contributed by atoms with Crippen LogP contribution in [-0.4, -0.2) is 42.6 Å². The lowest BCUT2D eigenvalue weighted by atomic mass is 10.1. The minimum Gasteiger partial charge on any atom is -0.457 e. The molecule has 1 aliphatic rings. The summed E-state index contributed by atoms with van der Waals surface area (Å²) in [4.78, 5) is 17.7. The standard InChI is InChI=1S/C23H31N5O2.HI/c1-3-25-23(27-19-12-14-28(15-13-19)22(24)29)26-16-18-6-4-5-7-21(18)30-20-10-8-17(2)9-11-20;/h4-11,19H,3,12-16H2,1-2H3,(H2,24,29)(H2,25,26,27);1H. The van der Waals surface area contributed by atoms with Crippen molar-refractivity contribution >= 4 is 36.0 Å². The fourth-order valence-corrected chi connectivity index (χ4v) is 3.39. The first-order chi connectivity index (χ1) is 14.5. The van der Waals surface area contributed by atoms with Crippen LogP contribution in [0, 0.1) is 6.92 Å². The summed E-state index contributed by atoms with van der Waals surface area (Å²) in [6, 6.07) is 15.9. The third-order valence-electron chi connectivity index (χ3n) is 5.12. The maximum atomic E-state index is 11.3. The van der Waals surface area contributed by atoms with Gasteiger partial charge in [0.1, 0.15) is 11.5 Å². The topological polar surface area (TPSA) is 92.0 Å². The summed E-state index contributed by atoms with van der Waals surface area (Å²) in [7, 11) is 0. The van der Waals surface area contributed by atoms with E-state index in [2.05, 4.69) is 17.6 Å². The number of ether oxygens (including phenoxy) is 1. The number of nitrogens with two attached hydrogens (primary N) is 1. The van der Waals surface area contributed by atoms with Gasteiger partial charge in [-0.15, -0.1) is 24.0 Å². The molecule has 1 aliphatic heterocycles. The van der Waals surface area contributed by atoms with Gasteiger partial charge in [-0.3, -0.25) is 0 Å². The van der Waals surface area contributed by atoms with Gasteiger partial charge >= 0.3 is 6.03 Å². The van der Waals surface area contributed by atoms with Gasteiger partial charge in [-0.1, -0.05) is 35.9 Å². The zero-order chi connectivity index (χ0) is 21.3. The van der Waals surface area contributed by atoms with E-state index in [1.165, 1.54) is 5.56 Å². The molecule has 4 N–H and O–H groups in total. The molecule has 7 nitrogen and oxygen atoms in total. The Hall–Kier alpha value is -2.49. The molecule has 2 aromatic rings. The molecule has 1 heterocycles. The minimum atomic E-state index is -0.348. The molecule has 2 amide bonds. The van der Waals surface area contributed by atoms with E-state index >= 15 is 0 Å². The molecule has 0 unspecified atom stereocenters. The van der Waals surface area contributed by atoms with Gasteiger partial charge in [0, 0.05) is 31.2 Å². The third-order valence-corrected chi connectivity index (χ3v) is 5.12. The Morgan fingerprint density at radius 2 is 1.84 bits per heavy atom. The number of carbonyl (C=O) groups is 1. The lowest BCUT2D eigenvalue weighted by molar-refractivity contribution is 0.188. The average Bonchev–Trinajstić information content (AvgIpc) is 2.75. The lowest BCUT2D eigenvalue weighted by Crippen LogP contribution is -2.50. The van der Waals surface area contributed by atoms with E-state index in [1.54, 1.807) is 4.90 Å². The maximum absolute atomic E-state index is 11.3. The van der Waals surface area contributed by atoms with Crippen LogP contribution in [0.15, 0.2) is 53.5 Å². The predicted octanol–water partition coefficient (Wildman–Crippen LogP) is 4.00. The average molecular weight is 537 g/mol. The Bertz CT molecular complexity index is 865. The summed E-state index contributed by atoms with van der Waals surface area (Å²) in [6.07, 6.45) is 1.70. The van der Waals surface area contributed by atoms with Gasteiger partial charge in [-0.2, -0.15) is 0 Å². The van der Waals surface area contributed by atoms with Crippen LogP contribution >= 0.6 is 24.0 Å². The molecule has 0 atom stereocenters. The second-order valence-corrected chi connectivity index (χ2v) is 7.46. The highest BCUT2D eigenvalue weighted by Gasteiger charge is 2.21. The number of nitrogens with one attached hydrogen (secondary N) is 2. The van der Waals surface area contributed by atoms with Crippen molar-refractivity contribution in [3.05, 3.63) is 59.7 Å². The number of hydrogen-bond acceptors (Lipinski definition) is 3. The lowest BCUT2D eigenvalue weighted by Gasteiger charge is -2.32. The van der Waals surface area contributed by atoms with E-state index in [0.29, 0.717) is 19.6 Å². The Balaban J connectivity index is 0.00000341. The van der Waals surface area contributed by atoms with Crippen molar-refractivity contribution in [1.29, 1.82) is 0 Å². The van der Waals surface area contributed by atoms with Crippen LogP contribution in [-0.2, 0) is 6.54 Å². The summed E-state index contributed by atoms with van der Waals surface area (Å²) in [5.74, 6) is 2.37. The van der Waals surface area contributed by atoms with Crippen LogP contribution in [0.4, 0.5) is 4.79 Å². The quantitative estimate of drug-likeness (QED) is 0.295. The fourth-order valence-electron chi connectivity index (χ4n) is 3.39. The molecular formula is C23H32IN5O2. The zero-order valence-electron chi connectivity index (χ0n) is 18.1. The molecule has 1 fully saturated rings. The summed E-state index contributed by atoms with van der Waals surface area (Å²) in [5.41, 5.74) is 7.58. The summed E-state index contributed by atoms with van der Waals surface area (Å²) in [6.45, 7) is 6.70. The largest absolute Gasteiger partial charge is 0.457 e. The Morgan fingerprint density at radius 3 is 2.48 bits per heavy atom. The molecule has 2 aromatic carbocycles. The highest BCUT2D eigenvalue weighted by atomic mass is 127. The van der Waals surface area contributed by atoms with Gasteiger partial charge in [0.25, 0.3) is 0 Å². The Morgan fingerprint density at radius 1 is 1.16 bits per heavy atom. The minimum absolute atomic E-state index is 0. The number of aryl methyl sites for hydroxylation is 1. The predicted molar refractivity (Wildman–Crippen MR) is 135 cm³/mol. The number of rotatable bonds is 6. The number of aliphatic imine (C=N–C) groups is 1. The summed E-state index contributed by atoms with van der Waals surface area (Å²) in [5, 5.41) is 6.78. The number of hydrogen-bond donors (Lipinski definition) is 3. The van der Waals surface area contributed by atoms with Crippen molar-refractivity contribution in [2.45, 2.75) is 39.3 Å². The van der Waals surface area contributed by atoms with E-state index in [-0.39, 0.29) is 36.0 Å². The van der Waals surface area contributed by atoms with Crippen molar-refractivity contribution in [3.8, 4) is 11.5 Å². The molecule has 0 saturated carbocycles. The molecule has 3 rings (SSSR count). The normalized spacial score (nSPS) is 14.5. The number of urea groups is 1. The van der Waals surface area contributed by atoms with Crippen LogP contribution in [0.2, 0.25) is 0 Å². The first kappa shape index (κ1) is 24.8. The number of primary amides is 1. The smallest absolute Gasteiger partial charge is 0.314 e. The summed E-state index contributed by atoms with van der Waals surface area (Å²) < 4.78 is 6.08. The summed E-state index contributed by atoms with van der Waals surface area (Å²) >= 11 is 0. The van der Waals surface area contributed by atoms with Crippen molar-refractivity contribution in [2.24, 2.45) is 10.7 Å². The Labute approximate surface area is 201 Å². The zero-order valence-corrected chi connectivity index (χ0v) is 20.5. The van der Waals surface area contributed by atoms with Crippen LogP contribution in [0.25, 0.3) is 0 Å². The molecule has 168 valence electrons. The Kier molecular flexibility index (Phi) is 9.90. The first-order valence-corrected chi connectivity index (χ1v) is 10.5. The van der Waals surface area contributed by atoms with Crippen molar-refractivity contribution in [1.82, 2.24) is 15.5 Å². The van der Waals surface area contributed by atoms with Crippen LogP contribution < -0.4 is 21.1 Å². The number of amides is 2. The number of guanidine groups is 1. The van der Waals surface area contributed by atoms with Gasteiger partial charge < -0.3 is 26.0 Å². The number of nitrogens with zero attached hydrogens (tertiary/aromatic N) is 2. The second-order valence-electron chi connectivity index (χ2n) is 7.46. The van der Waals surface area contributed by atoms with Crippen LogP contribution in [0.3, 0.4) is 0 Å². The molecule has 0 aliphatic carbocycles. The molecule has 0 bridgehead atoms. The monoisotopic (exact) mass is 537 g/mol. The fraction of sp³-hybridized carbons (Fsp3) is 0.391. The van der Waals surface area contributed by atoms with Crippen LogP contribution in [0.5, 0.6) is 11.5 Å². The van der Waals surface area contributed by atoms with Gasteiger partial charge in [0.2, 0.25) is 0 Å². The third kappa shape index (κ3) is 7.61. The van der Waals surface area contributed by atoms with Gasteiger partial charge in [-0.05, 0) is 44.9 Å². The number of piperidine rings is 1. The molecule has 0 spiro atoms.